The van der Waals surface area contributed by atoms with Crippen LogP contribution in [0.2, 0.25) is 0 Å². The molecule has 1 saturated carbocycles. The molecular formula is C22H22BrF3N4O. The number of alkyl halides is 3. The molecule has 0 spiro atoms. The van der Waals surface area contributed by atoms with Crippen LogP contribution < -0.4 is 10.9 Å². The normalized spacial score (nSPS) is 16.4. The minimum atomic E-state index is -4.42. The Kier molecular flexibility index (Phi) is 5.15. The van der Waals surface area contributed by atoms with Gasteiger partial charge in [0.1, 0.15) is 16.1 Å². The molecule has 0 aliphatic heterocycles. The molecule has 164 valence electrons. The number of aryl methyl sites for hydroxylation is 1. The number of aromatic nitrogens is 3. The van der Waals surface area contributed by atoms with Gasteiger partial charge in [-0.05, 0) is 73.7 Å². The molecule has 0 unspecified atom stereocenters. The Morgan fingerprint density at radius 1 is 1.23 bits per heavy atom. The van der Waals surface area contributed by atoms with Crippen LogP contribution in [0.4, 0.5) is 19.0 Å². The van der Waals surface area contributed by atoms with Gasteiger partial charge in [-0.1, -0.05) is 12.1 Å². The number of benzene rings is 1. The van der Waals surface area contributed by atoms with Crippen LogP contribution in [0, 0.1) is 13.8 Å². The average Bonchev–Trinajstić information content (AvgIpc) is 3.42. The van der Waals surface area contributed by atoms with Crippen molar-refractivity contribution in [2.75, 3.05) is 5.32 Å². The van der Waals surface area contributed by atoms with Gasteiger partial charge in [-0.15, -0.1) is 0 Å². The summed E-state index contributed by atoms with van der Waals surface area (Å²) in [6.45, 7) is 7.00. The summed E-state index contributed by atoms with van der Waals surface area (Å²) in [6, 6.07) is 3.72. The van der Waals surface area contributed by atoms with Crippen LogP contribution >= 0.6 is 15.9 Å². The first-order valence-electron chi connectivity index (χ1n) is 9.95. The van der Waals surface area contributed by atoms with E-state index in [4.69, 9.17) is 0 Å². The highest BCUT2D eigenvalue weighted by atomic mass is 79.9. The van der Waals surface area contributed by atoms with E-state index in [-0.39, 0.29) is 16.7 Å². The lowest BCUT2D eigenvalue weighted by molar-refractivity contribution is -0.138. The highest BCUT2D eigenvalue weighted by Crippen LogP contribution is 2.43. The summed E-state index contributed by atoms with van der Waals surface area (Å²) in [5.74, 6) is 0.934. The van der Waals surface area contributed by atoms with Crippen molar-refractivity contribution >= 4 is 32.7 Å². The molecule has 1 N–H and O–H groups in total. The smallest absolute Gasteiger partial charge is 0.363 e. The van der Waals surface area contributed by atoms with Crippen LogP contribution in [-0.2, 0) is 11.7 Å². The van der Waals surface area contributed by atoms with Crippen molar-refractivity contribution in [1.82, 2.24) is 14.5 Å². The summed E-state index contributed by atoms with van der Waals surface area (Å²) in [5, 5.41) is 3.89. The second kappa shape index (κ2) is 7.32. The summed E-state index contributed by atoms with van der Waals surface area (Å²) in [6.07, 6.45) is -0.859. The predicted octanol–water partition coefficient (Wildman–Crippen LogP) is 5.87. The monoisotopic (exact) mass is 494 g/mol. The first-order valence-corrected chi connectivity index (χ1v) is 10.7. The van der Waals surface area contributed by atoms with Crippen molar-refractivity contribution in [3.05, 3.63) is 61.7 Å². The van der Waals surface area contributed by atoms with E-state index < -0.39 is 17.8 Å². The number of rotatable bonds is 4. The van der Waals surface area contributed by atoms with Crippen LogP contribution in [-0.4, -0.2) is 14.5 Å². The van der Waals surface area contributed by atoms with Crippen LogP contribution in [0.5, 0.6) is 0 Å². The second-order valence-corrected chi connectivity index (χ2v) is 9.17. The zero-order chi connectivity index (χ0) is 22.7. The Labute approximate surface area is 185 Å². The zero-order valence-electron chi connectivity index (χ0n) is 17.6. The van der Waals surface area contributed by atoms with Crippen LogP contribution in [0.15, 0.2) is 33.7 Å². The third kappa shape index (κ3) is 3.84. The lowest BCUT2D eigenvalue weighted by Crippen LogP contribution is -2.29. The highest BCUT2D eigenvalue weighted by molar-refractivity contribution is 9.10. The van der Waals surface area contributed by atoms with E-state index in [0.717, 1.165) is 18.9 Å². The van der Waals surface area contributed by atoms with Gasteiger partial charge < -0.3 is 9.88 Å². The summed E-state index contributed by atoms with van der Waals surface area (Å²) >= 11 is 3.40. The Morgan fingerprint density at radius 3 is 2.52 bits per heavy atom. The standard InChI is InChI=1S/C22H22BrF3N4O/c1-11-14(6-5-7-16(11)22(24,25)26)12(2)27-19-15-10-30(21(4)8-9-21)20(31)17(23)18(15)28-13(3)29-19/h5-7,10,12H,8-9H2,1-4H3,(H,27,28,29)/t12-/m1/s1. The summed E-state index contributed by atoms with van der Waals surface area (Å²) in [7, 11) is 0. The van der Waals surface area contributed by atoms with Crippen molar-refractivity contribution in [2.45, 2.75) is 58.3 Å². The molecular weight excluding hydrogens is 473 g/mol. The maximum absolute atomic E-state index is 13.3. The molecule has 2 aromatic heterocycles. The molecule has 1 aliphatic carbocycles. The Morgan fingerprint density at radius 2 is 1.90 bits per heavy atom. The molecule has 1 aliphatic rings. The third-order valence-corrected chi connectivity index (χ3v) is 6.70. The van der Waals surface area contributed by atoms with Gasteiger partial charge in [0.25, 0.3) is 5.56 Å². The van der Waals surface area contributed by atoms with Crippen LogP contribution in [0.1, 0.15) is 55.2 Å². The number of hydrogen-bond acceptors (Lipinski definition) is 4. The summed E-state index contributed by atoms with van der Waals surface area (Å²) in [4.78, 5) is 21.8. The SMILES string of the molecule is Cc1nc(N[C@H](C)c2cccc(C(F)(F)F)c2C)c2cn(C3(C)CC3)c(=O)c(Br)c2n1. The number of nitrogens with one attached hydrogen (secondary N) is 1. The molecule has 1 aromatic carbocycles. The molecule has 1 fully saturated rings. The molecule has 4 rings (SSSR count). The van der Waals surface area contributed by atoms with E-state index in [1.807, 2.05) is 6.92 Å². The van der Waals surface area contributed by atoms with E-state index in [1.165, 1.54) is 13.0 Å². The van der Waals surface area contributed by atoms with Crippen LogP contribution in [0.25, 0.3) is 10.9 Å². The van der Waals surface area contributed by atoms with E-state index >= 15 is 0 Å². The lowest BCUT2D eigenvalue weighted by atomic mass is 9.97. The van der Waals surface area contributed by atoms with Gasteiger partial charge in [-0.25, -0.2) is 9.97 Å². The van der Waals surface area contributed by atoms with Crippen molar-refractivity contribution in [1.29, 1.82) is 0 Å². The van der Waals surface area contributed by atoms with Crippen molar-refractivity contribution in [2.24, 2.45) is 0 Å². The number of halogens is 4. The van der Waals surface area contributed by atoms with Crippen LogP contribution in [0.3, 0.4) is 0 Å². The van der Waals surface area contributed by atoms with E-state index in [9.17, 15) is 18.0 Å². The fraction of sp³-hybridized carbons (Fsp3) is 0.409. The quantitative estimate of drug-likeness (QED) is 0.492. The molecule has 0 radical (unpaired) electrons. The van der Waals surface area contributed by atoms with Crippen molar-refractivity contribution in [3.63, 3.8) is 0 Å². The van der Waals surface area contributed by atoms with Gasteiger partial charge in [-0.3, -0.25) is 4.79 Å². The summed E-state index contributed by atoms with van der Waals surface area (Å²) in [5.41, 5.74) is 0.140. The molecule has 9 heteroatoms. The maximum Gasteiger partial charge on any atom is 0.416 e. The van der Waals surface area contributed by atoms with Gasteiger partial charge in [0.05, 0.1) is 22.5 Å². The topological polar surface area (TPSA) is 59.8 Å². The van der Waals surface area contributed by atoms with Gasteiger partial charge in [0.2, 0.25) is 0 Å². The predicted molar refractivity (Wildman–Crippen MR) is 117 cm³/mol. The van der Waals surface area contributed by atoms with Gasteiger partial charge in [-0.2, -0.15) is 13.2 Å². The number of anilines is 1. The van der Waals surface area contributed by atoms with Gasteiger partial charge in [0.15, 0.2) is 0 Å². The summed E-state index contributed by atoms with van der Waals surface area (Å²) < 4.78 is 42.1. The molecule has 2 heterocycles. The van der Waals surface area contributed by atoms with E-state index in [2.05, 4.69) is 31.2 Å². The first-order chi connectivity index (χ1) is 14.4. The molecule has 1 atom stereocenters. The number of fused-ring (bicyclic) bond motifs is 1. The number of hydrogen-bond donors (Lipinski definition) is 1. The van der Waals surface area contributed by atoms with E-state index in [1.54, 1.807) is 30.7 Å². The molecule has 0 saturated heterocycles. The van der Waals surface area contributed by atoms with Gasteiger partial charge in [0, 0.05) is 11.7 Å². The average molecular weight is 495 g/mol. The molecule has 0 amide bonds. The molecule has 31 heavy (non-hydrogen) atoms. The maximum atomic E-state index is 13.3. The third-order valence-electron chi connectivity index (χ3n) is 5.99. The van der Waals surface area contributed by atoms with Crippen molar-refractivity contribution < 1.29 is 13.2 Å². The number of pyridine rings is 1. The Bertz CT molecular complexity index is 1250. The second-order valence-electron chi connectivity index (χ2n) is 8.38. The zero-order valence-corrected chi connectivity index (χ0v) is 19.1. The largest absolute Gasteiger partial charge is 0.416 e. The fourth-order valence-corrected chi connectivity index (χ4v) is 4.40. The number of nitrogens with zero attached hydrogens (tertiary/aromatic N) is 3. The minimum absolute atomic E-state index is 0.154. The van der Waals surface area contributed by atoms with E-state index in [0.29, 0.717) is 32.6 Å². The highest BCUT2D eigenvalue weighted by Gasteiger charge is 2.41. The van der Waals surface area contributed by atoms with Crippen molar-refractivity contribution in [3.8, 4) is 0 Å². The van der Waals surface area contributed by atoms with Gasteiger partial charge >= 0.3 is 6.18 Å². The lowest BCUT2D eigenvalue weighted by Gasteiger charge is -2.22. The first kappa shape index (κ1) is 21.8. The fourth-order valence-electron chi connectivity index (χ4n) is 3.91. The molecule has 3 aromatic rings. The Hall–Kier alpha value is -2.42. The molecule has 5 nitrogen and oxygen atoms in total. The molecule has 0 bridgehead atoms. The minimum Gasteiger partial charge on any atom is -0.363 e. The Balaban J connectivity index is 1.82.